The first-order valence-corrected chi connectivity index (χ1v) is 13.6. The minimum atomic E-state index is -0.638. The number of nitro groups is 1. The van der Waals surface area contributed by atoms with Crippen LogP contribution in [0.15, 0.2) is 42.7 Å². The molecule has 12 nitrogen and oxygen atoms in total. The average molecular weight is 594 g/mol. The quantitative estimate of drug-likeness (QED) is 0.182. The molecule has 2 heterocycles. The van der Waals surface area contributed by atoms with Gasteiger partial charge in [-0.25, -0.2) is 19.2 Å². The van der Waals surface area contributed by atoms with Gasteiger partial charge in [0.05, 0.1) is 23.4 Å². The number of benzene rings is 2. The summed E-state index contributed by atoms with van der Waals surface area (Å²) in [4.78, 5) is 36.1. The van der Waals surface area contributed by atoms with E-state index in [1.54, 1.807) is 58.1 Å². The maximum Gasteiger partial charge on any atom is 0.410 e. The Morgan fingerprint density at radius 3 is 2.56 bits per heavy atom. The fourth-order valence-corrected chi connectivity index (χ4v) is 4.58. The van der Waals surface area contributed by atoms with Crippen molar-refractivity contribution in [2.45, 2.75) is 33.3 Å². The van der Waals surface area contributed by atoms with Crippen molar-refractivity contribution in [1.29, 1.82) is 0 Å². The van der Waals surface area contributed by atoms with Gasteiger partial charge in [0.1, 0.15) is 22.9 Å². The second kappa shape index (κ2) is 12.1. The van der Waals surface area contributed by atoms with Gasteiger partial charge in [0, 0.05) is 75.2 Å². The van der Waals surface area contributed by atoms with E-state index in [1.165, 1.54) is 30.2 Å². The highest BCUT2D eigenvalue weighted by atomic mass is 19.1. The number of anilines is 3. The van der Waals surface area contributed by atoms with Crippen LogP contribution in [0.25, 0.3) is 22.2 Å². The number of carbonyl (C=O) groups is 1. The lowest BCUT2D eigenvalue weighted by Gasteiger charge is -2.27. The number of aromatic nitrogens is 3. The summed E-state index contributed by atoms with van der Waals surface area (Å²) in [6.45, 7) is 7.76. The van der Waals surface area contributed by atoms with E-state index in [0.29, 0.717) is 29.1 Å². The molecule has 43 heavy (non-hydrogen) atoms. The maximum atomic E-state index is 14.1. The second-order valence-corrected chi connectivity index (χ2v) is 11.3. The monoisotopic (exact) mass is 593 g/mol. The first-order chi connectivity index (χ1) is 20.2. The molecule has 1 amide bonds. The minimum Gasteiger partial charge on any atom is -0.494 e. The predicted octanol–water partition coefficient (Wildman–Crippen LogP) is 6.05. The number of fused-ring (bicyclic) bond motifs is 1. The van der Waals surface area contributed by atoms with Crippen LogP contribution in [0.2, 0.25) is 0 Å². The minimum absolute atomic E-state index is 0.178. The Morgan fingerprint density at radius 1 is 1.19 bits per heavy atom. The molecule has 0 spiro atoms. The average Bonchev–Trinajstić information content (AvgIpc) is 3.26. The Kier molecular flexibility index (Phi) is 8.74. The van der Waals surface area contributed by atoms with Gasteiger partial charge >= 0.3 is 6.09 Å². The van der Waals surface area contributed by atoms with E-state index >= 15 is 0 Å². The van der Waals surface area contributed by atoms with E-state index < -0.39 is 16.6 Å². The van der Waals surface area contributed by atoms with Crippen molar-refractivity contribution < 1.29 is 23.6 Å². The summed E-state index contributed by atoms with van der Waals surface area (Å²) in [5, 5.41) is 15.9. The molecule has 2 aromatic carbocycles. The molecule has 0 saturated carbocycles. The summed E-state index contributed by atoms with van der Waals surface area (Å²) >= 11 is 0. The van der Waals surface area contributed by atoms with E-state index in [9.17, 15) is 19.3 Å². The zero-order valence-electron chi connectivity index (χ0n) is 25.6. The van der Waals surface area contributed by atoms with Crippen LogP contribution in [-0.2, 0) is 11.8 Å². The van der Waals surface area contributed by atoms with Crippen LogP contribution in [0, 0.1) is 22.9 Å². The molecule has 4 aromatic rings. The van der Waals surface area contributed by atoms with Crippen molar-refractivity contribution in [3.63, 3.8) is 0 Å². The fraction of sp³-hybridized carbons (Fsp3) is 0.367. The normalized spacial score (nSPS) is 11.4. The highest BCUT2D eigenvalue weighted by molar-refractivity contribution is 5.96. The molecule has 0 aliphatic rings. The van der Waals surface area contributed by atoms with E-state index in [4.69, 9.17) is 9.47 Å². The lowest BCUT2D eigenvalue weighted by atomic mass is 10.1. The fourth-order valence-electron chi connectivity index (χ4n) is 4.58. The number of carbonyl (C=O) groups excluding carboxylic acids is 1. The molecule has 0 saturated heterocycles. The molecule has 0 unspecified atom stereocenters. The number of rotatable bonds is 9. The number of hydrogen-bond acceptors (Lipinski definition) is 9. The van der Waals surface area contributed by atoms with Gasteiger partial charge in [-0.3, -0.25) is 10.1 Å². The number of methoxy groups -OCH3 is 1. The summed E-state index contributed by atoms with van der Waals surface area (Å²) < 4.78 is 27.0. The topological polar surface area (TPSA) is 128 Å². The summed E-state index contributed by atoms with van der Waals surface area (Å²) in [6, 6.07) is 7.49. The Hall–Kier alpha value is -4.94. The molecule has 1 N–H and O–H groups in total. The van der Waals surface area contributed by atoms with Crippen LogP contribution in [0.3, 0.4) is 0 Å². The molecule has 0 fully saturated rings. The highest BCUT2D eigenvalue weighted by Crippen LogP contribution is 2.39. The van der Waals surface area contributed by atoms with Crippen molar-refractivity contribution in [3.05, 3.63) is 64.2 Å². The SMILES string of the molecule is COc1cc(N(C)CCN(C)C(=O)OC(C)(C)C)c([N+](=O)[O-])cc1Nc1ncc(C)c(-c2cn(C)c3ccc(F)cc23)n1. The molecular formula is C30H36FN7O5. The van der Waals surface area contributed by atoms with Gasteiger partial charge in [0.2, 0.25) is 5.95 Å². The van der Waals surface area contributed by atoms with E-state index in [2.05, 4.69) is 15.3 Å². The number of hydrogen-bond donors (Lipinski definition) is 1. The number of nitrogens with zero attached hydrogens (tertiary/aromatic N) is 6. The van der Waals surface area contributed by atoms with Crippen LogP contribution < -0.4 is 15.0 Å². The predicted molar refractivity (Wildman–Crippen MR) is 164 cm³/mol. The number of nitro benzene ring substituents is 1. The Bertz CT molecular complexity index is 1680. The van der Waals surface area contributed by atoms with Crippen molar-refractivity contribution >= 4 is 40.0 Å². The lowest BCUT2D eigenvalue weighted by molar-refractivity contribution is -0.384. The number of amides is 1. The van der Waals surface area contributed by atoms with Gasteiger partial charge in [0.25, 0.3) is 5.69 Å². The van der Waals surface area contributed by atoms with E-state index in [-0.39, 0.29) is 29.7 Å². The Morgan fingerprint density at radius 2 is 1.91 bits per heavy atom. The van der Waals surface area contributed by atoms with Gasteiger partial charge in [0.15, 0.2) is 0 Å². The number of ether oxygens (including phenoxy) is 2. The van der Waals surface area contributed by atoms with Crippen LogP contribution in [0.5, 0.6) is 5.75 Å². The molecule has 0 bridgehead atoms. The van der Waals surface area contributed by atoms with Crippen LogP contribution in [0.4, 0.5) is 32.2 Å². The zero-order chi connectivity index (χ0) is 31.6. The maximum absolute atomic E-state index is 14.1. The van der Waals surface area contributed by atoms with Gasteiger partial charge in [-0.05, 0) is 51.5 Å². The molecule has 13 heteroatoms. The number of halogens is 1. The third-order valence-corrected chi connectivity index (χ3v) is 6.81. The van der Waals surface area contributed by atoms with Crippen molar-refractivity contribution in [2.24, 2.45) is 7.05 Å². The lowest BCUT2D eigenvalue weighted by Crippen LogP contribution is -2.38. The number of likely N-dealkylation sites (N-methyl/N-ethyl adjacent to an activating group) is 2. The smallest absolute Gasteiger partial charge is 0.410 e. The second-order valence-electron chi connectivity index (χ2n) is 11.3. The third kappa shape index (κ3) is 6.93. The van der Waals surface area contributed by atoms with Gasteiger partial charge < -0.3 is 29.2 Å². The molecule has 4 rings (SSSR count). The van der Waals surface area contributed by atoms with Crippen LogP contribution in [0.1, 0.15) is 26.3 Å². The third-order valence-electron chi connectivity index (χ3n) is 6.81. The van der Waals surface area contributed by atoms with E-state index in [0.717, 1.165) is 16.6 Å². The van der Waals surface area contributed by atoms with Crippen molar-refractivity contribution in [1.82, 2.24) is 19.4 Å². The molecular weight excluding hydrogens is 557 g/mol. The molecule has 2 aromatic heterocycles. The van der Waals surface area contributed by atoms with Crippen molar-refractivity contribution in [2.75, 3.05) is 44.5 Å². The Balaban J connectivity index is 1.63. The molecule has 0 radical (unpaired) electrons. The summed E-state index contributed by atoms with van der Waals surface area (Å²) in [5.41, 5.74) is 2.71. The summed E-state index contributed by atoms with van der Waals surface area (Å²) in [7, 11) is 6.63. The summed E-state index contributed by atoms with van der Waals surface area (Å²) in [6.07, 6.45) is 3.02. The standard InChI is InChI=1S/C30H36FN7O5/c1-18-16-32-28(34-27(18)21-17-37(7)23-10-9-19(31)13-20(21)23)33-22-14-25(38(40)41)24(15-26(22)42-8)35(5)11-12-36(6)29(39)43-30(2,3)4/h9-10,13-17H,11-12H2,1-8H3,(H,32,33,34). The largest absolute Gasteiger partial charge is 0.494 e. The number of nitrogens with one attached hydrogen (secondary N) is 1. The molecule has 0 aliphatic heterocycles. The van der Waals surface area contributed by atoms with Crippen LogP contribution in [-0.4, -0.2) is 70.3 Å². The Labute approximate surface area is 249 Å². The first-order valence-electron chi connectivity index (χ1n) is 13.6. The molecule has 228 valence electrons. The van der Waals surface area contributed by atoms with E-state index in [1.807, 2.05) is 24.7 Å². The van der Waals surface area contributed by atoms with Gasteiger partial charge in [-0.1, -0.05) is 0 Å². The first kappa shape index (κ1) is 31.0. The van der Waals surface area contributed by atoms with Crippen molar-refractivity contribution in [3.8, 4) is 17.0 Å². The zero-order valence-corrected chi connectivity index (χ0v) is 25.6. The highest BCUT2D eigenvalue weighted by Gasteiger charge is 2.24. The summed E-state index contributed by atoms with van der Waals surface area (Å²) in [5.74, 6) is 0.149. The number of aryl methyl sites for hydroxylation is 2. The molecule has 0 aliphatic carbocycles. The van der Waals surface area contributed by atoms with Crippen LogP contribution >= 0.6 is 0 Å². The van der Waals surface area contributed by atoms with Gasteiger partial charge in [-0.2, -0.15) is 0 Å². The molecule has 0 atom stereocenters. The van der Waals surface area contributed by atoms with Gasteiger partial charge in [-0.15, -0.1) is 0 Å².